The van der Waals surface area contributed by atoms with E-state index in [4.69, 9.17) is 9.63 Å². The van der Waals surface area contributed by atoms with E-state index in [0.29, 0.717) is 5.76 Å². The van der Waals surface area contributed by atoms with Crippen molar-refractivity contribution in [2.75, 3.05) is 0 Å². The van der Waals surface area contributed by atoms with Crippen LogP contribution in [0.25, 0.3) is 11.3 Å². The van der Waals surface area contributed by atoms with Gasteiger partial charge in [0.05, 0.1) is 0 Å². The summed E-state index contributed by atoms with van der Waals surface area (Å²) in [4.78, 5) is 21.6. The topological polar surface area (TPSA) is 80.4 Å². The van der Waals surface area contributed by atoms with Gasteiger partial charge < -0.3 is 9.63 Å². The number of ketones is 1. The number of carboxylic acids is 1. The van der Waals surface area contributed by atoms with Crippen molar-refractivity contribution in [3.05, 3.63) is 41.6 Å². The largest absolute Gasteiger partial charge is 0.475 e. The maximum atomic E-state index is 11.1. The zero-order valence-corrected chi connectivity index (χ0v) is 9.01. The van der Waals surface area contributed by atoms with Crippen molar-refractivity contribution in [3.8, 4) is 11.3 Å². The Balaban J connectivity index is 2.33. The third kappa shape index (κ3) is 2.23. The van der Waals surface area contributed by atoms with Crippen molar-refractivity contribution < 1.29 is 19.2 Å². The van der Waals surface area contributed by atoms with Gasteiger partial charge in [-0.2, -0.15) is 0 Å². The lowest BCUT2D eigenvalue weighted by molar-refractivity contribution is -0.131. The SMILES string of the molecule is Cc1ccc(-c2cc(C(=O)C(=O)O)no2)cc1. The van der Waals surface area contributed by atoms with Crippen molar-refractivity contribution in [2.45, 2.75) is 6.92 Å². The van der Waals surface area contributed by atoms with Crippen LogP contribution in [0.3, 0.4) is 0 Å². The summed E-state index contributed by atoms with van der Waals surface area (Å²) in [5.74, 6) is -2.25. The van der Waals surface area contributed by atoms with E-state index in [1.807, 2.05) is 31.2 Å². The zero-order chi connectivity index (χ0) is 12.4. The van der Waals surface area contributed by atoms with Crippen molar-refractivity contribution in [2.24, 2.45) is 0 Å². The van der Waals surface area contributed by atoms with E-state index in [9.17, 15) is 9.59 Å². The number of aromatic nitrogens is 1. The van der Waals surface area contributed by atoms with Crippen molar-refractivity contribution in [1.29, 1.82) is 0 Å². The van der Waals surface area contributed by atoms with Crippen LogP contribution < -0.4 is 0 Å². The molecule has 0 radical (unpaired) electrons. The van der Waals surface area contributed by atoms with Crippen molar-refractivity contribution in [3.63, 3.8) is 0 Å². The van der Waals surface area contributed by atoms with Gasteiger partial charge in [-0.25, -0.2) is 4.79 Å². The molecule has 0 atom stereocenters. The number of aliphatic carboxylic acids is 1. The van der Waals surface area contributed by atoms with Gasteiger partial charge in [0.2, 0.25) is 0 Å². The van der Waals surface area contributed by atoms with E-state index >= 15 is 0 Å². The average Bonchev–Trinajstić information content (AvgIpc) is 2.78. The first-order valence-electron chi connectivity index (χ1n) is 4.89. The first-order valence-corrected chi connectivity index (χ1v) is 4.89. The number of nitrogens with zero attached hydrogens (tertiary/aromatic N) is 1. The molecule has 1 heterocycles. The smallest absolute Gasteiger partial charge is 0.379 e. The number of aryl methyl sites for hydroxylation is 1. The summed E-state index contributed by atoms with van der Waals surface area (Å²) < 4.78 is 4.93. The highest BCUT2D eigenvalue weighted by Crippen LogP contribution is 2.20. The van der Waals surface area contributed by atoms with Gasteiger partial charge in [0.25, 0.3) is 5.78 Å². The zero-order valence-electron chi connectivity index (χ0n) is 9.01. The Morgan fingerprint density at radius 3 is 2.47 bits per heavy atom. The number of benzene rings is 1. The quantitative estimate of drug-likeness (QED) is 0.644. The molecule has 0 aliphatic rings. The van der Waals surface area contributed by atoms with Gasteiger partial charge in [0.1, 0.15) is 0 Å². The molecule has 0 aliphatic carbocycles. The van der Waals surface area contributed by atoms with Crippen molar-refractivity contribution in [1.82, 2.24) is 5.16 Å². The molecule has 0 spiro atoms. The molecule has 0 bridgehead atoms. The molecule has 0 fully saturated rings. The summed E-state index contributed by atoms with van der Waals surface area (Å²) in [5.41, 5.74) is 1.63. The number of hydrogen-bond acceptors (Lipinski definition) is 4. The minimum atomic E-state index is -1.55. The number of carboxylic acid groups (broad SMARTS) is 1. The van der Waals surface area contributed by atoms with Gasteiger partial charge in [0.15, 0.2) is 11.5 Å². The van der Waals surface area contributed by atoms with Crippen LogP contribution in [0.4, 0.5) is 0 Å². The summed E-state index contributed by atoms with van der Waals surface area (Å²) in [5, 5.41) is 12.0. The monoisotopic (exact) mass is 231 g/mol. The Morgan fingerprint density at radius 1 is 1.24 bits per heavy atom. The van der Waals surface area contributed by atoms with E-state index in [2.05, 4.69) is 5.16 Å². The van der Waals surface area contributed by atoms with E-state index in [1.165, 1.54) is 6.07 Å². The predicted molar refractivity (Wildman–Crippen MR) is 58.6 cm³/mol. The lowest BCUT2D eigenvalue weighted by Gasteiger charge is -1.95. The van der Waals surface area contributed by atoms with Crippen LogP contribution in [0.5, 0.6) is 0 Å². The third-order valence-corrected chi connectivity index (χ3v) is 2.27. The molecule has 2 rings (SSSR count). The van der Waals surface area contributed by atoms with E-state index in [-0.39, 0.29) is 5.69 Å². The summed E-state index contributed by atoms with van der Waals surface area (Å²) in [6, 6.07) is 8.71. The van der Waals surface area contributed by atoms with Crippen LogP contribution in [0.2, 0.25) is 0 Å². The predicted octanol–water partition coefficient (Wildman–Crippen LogP) is 1.92. The fourth-order valence-electron chi connectivity index (χ4n) is 1.35. The Bertz CT molecular complexity index is 568. The average molecular weight is 231 g/mol. The molecule has 1 aromatic carbocycles. The van der Waals surface area contributed by atoms with Gasteiger partial charge in [-0.3, -0.25) is 4.79 Å². The van der Waals surface area contributed by atoms with Gasteiger partial charge >= 0.3 is 5.97 Å². The van der Waals surface area contributed by atoms with Crippen LogP contribution >= 0.6 is 0 Å². The first-order chi connectivity index (χ1) is 8.08. The molecule has 0 aliphatic heterocycles. The van der Waals surface area contributed by atoms with Crippen LogP contribution in [0, 0.1) is 6.92 Å². The summed E-state index contributed by atoms with van der Waals surface area (Å²) >= 11 is 0. The van der Waals surface area contributed by atoms with Crippen LogP contribution in [0.15, 0.2) is 34.9 Å². The second-order valence-corrected chi connectivity index (χ2v) is 3.58. The maximum absolute atomic E-state index is 11.1. The lowest BCUT2D eigenvalue weighted by atomic mass is 10.1. The van der Waals surface area contributed by atoms with E-state index in [1.54, 1.807) is 0 Å². The minimum Gasteiger partial charge on any atom is -0.475 e. The number of rotatable bonds is 3. The van der Waals surface area contributed by atoms with Gasteiger partial charge in [0, 0.05) is 11.6 Å². The number of Topliss-reactive ketones (excluding diaryl/α,β-unsaturated/α-hetero) is 1. The Kier molecular flexibility index (Phi) is 2.74. The second-order valence-electron chi connectivity index (χ2n) is 3.58. The maximum Gasteiger partial charge on any atom is 0.379 e. The molecule has 0 saturated carbocycles. The van der Waals surface area contributed by atoms with Crippen LogP contribution in [-0.4, -0.2) is 22.0 Å². The van der Waals surface area contributed by atoms with Crippen LogP contribution in [0.1, 0.15) is 16.1 Å². The number of carbonyl (C=O) groups is 2. The minimum absolute atomic E-state index is 0.201. The number of carbonyl (C=O) groups excluding carboxylic acids is 1. The summed E-state index contributed by atoms with van der Waals surface area (Å²) in [6.07, 6.45) is 0. The van der Waals surface area contributed by atoms with Gasteiger partial charge in [-0.1, -0.05) is 35.0 Å². The van der Waals surface area contributed by atoms with Gasteiger partial charge in [-0.15, -0.1) is 0 Å². The van der Waals surface area contributed by atoms with Gasteiger partial charge in [-0.05, 0) is 6.92 Å². The summed E-state index contributed by atoms with van der Waals surface area (Å²) in [6.45, 7) is 1.95. The normalized spacial score (nSPS) is 10.2. The Labute approximate surface area is 96.7 Å². The molecule has 1 aromatic heterocycles. The summed E-state index contributed by atoms with van der Waals surface area (Å²) in [7, 11) is 0. The van der Waals surface area contributed by atoms with E-state index in [0.717, 1.165) is 11.1 Å². The molecule has 5 nitrogen and oxygen atoms in total. The van der Waals surface area contributed by atoms with E-state index < -0.39 is 11.8 Å². The fraction of sp³-hybridized carbons (Fsp3) is 0.0833. The molecule has 0 saturated heterocycles. The highest BCUT2D eigenvalue weighted by molar-refractivity contribution is 6.39. The molecule has 5 heteroatoms. The number of hydrogen-bond donors (Lipinski definition) is 1. The van der Waals surface area contributed by atoms with Crippen molar-refractivity contribution >= 4 is 11.8 Å². The molecule has 0 unspecified atom stereocenters. The second kappa shape index (κ2) is 4.21. The van der Waals surface area contributed by atoms with Crippen LogP contribution in [-0.2, 0) is 4.79 Å². The first kappa shape index (κ1) is 11.1. The molecule has 1 N–H and O–H groups in total. The third-order valence-electron chi connectivity index (χ3n) is 2.27. The molecular formula is C12H9NO4. The molecule has 17 heavy (non-hydrogen) atoms. The fourth-order valence-corrected chi connectivity index (χ4v) is 1.35. The molecule has 0 amide bonds. The molecular weight excluding hydrogens is 222 g/mol. The lowest BCUT2D eigenvalue weighted by Crippen LogP contribution is -2.12. The Hall–Kier alpha value is -2.43. The Morgan fingerprint density at radius 2 is 1.88 bits per heavy atom. The highest BCUT2D eigenvalue weighted by atomic mass is 16.5. The molecule has 2 aromatic rings. The highest BCUT2D eigenvalue weighted by Gasteiger charge is 2.19. The standard InChI is InChI=1S/C12H9NO4/c1-7-2-4-8(5-3-7)10-6-9(13-17-10)11(14)12(15)16/h2-6H,1H3,(H,15,16). The molecule has 86 valence electrons.